The zero-order valence-electron chi connectivity index (χ0n) is 10.2. The Kier molecular flexibility index (Phi) is 7.59. The number of aliphatic carboxylic acids is 1. The third-order valence-corrected chi connectivity index (χ3v) is 2.59. The minimum atomic E-state index is -0.965. The second-order valence-electron chi connectivity index (χ2n) is 3.83. The molecule has 0 aliphatic rings. The van der Waals surface area contributed by atoms with E-state index in [0.29, 0.717) is 6.42 Å². The molecule has 3 N–H and O–H groups in total. The summed E-state index contributed by atoms with van der Waals surface area (Å²) in [7, 11) is 0. The fourth-order valence-electron chi connectivity index (χ4n) is 1.71. The maximum Gasteiger partial charge on any atom is 1.00 e. The van der Waals surface area contributed by atoms with Crippen molar-refractivity contribution in [1.82, 2.24) is 0 Å². The molecule has 0 spiro atoms. The van der Waals surface area contributed by atoms with Gasteiger partial charge in [-0.2, -0.15) is 0 Å². The number of hydrogen-bond donors (Lipinski definition) is 2. The molecule has 0 heterocycles. The molecule has 0 bridgehead atoms. The Morgan fingerprint density at radius 1 is 1.17 bits per heavy atom. The maximum absolute atomic E-state index is 10.6. The van der Waals surface area contributed by atoms with E-state index in [2.05, 4.69) is 0 Å². The summed E-state index contributed by atoms with van der Waals surface area (Å²) in [6, 6.07) is 13.0. The molecule has 90 valence electrons. The van der Waals surface area contributed by atoms with Crippen LogP contribution in [0.15, 0.2) is 42.5 Å². The average molecular weight is 271 g/mol. The quantitative estimate of drug-likeness (QED) is 0.406. The second-order valence-corrected chi connectivity index (χ2v) is 3.83. The van der Waals surface area contributed by atoms with Crippen LogP contribution in [0.3, 0.4) is 0 Å². The first-order valence-corrected chi connectivity index (χ1v) is 5.13. The van der Waals surface area contributed by atoms with E-state index in [4.69, 9.17) is 10.8 Å². The summed E-state index contributed by atoms with van der Waals surface area (Å²) in [5, 5.41) is 11.0. The van der Waals surface area contributed by atoms with Gasteiger partial charge in [-0.25, -0.2) is 0 Å². The minimum absolute atomic E-state index is 0. The third kappa shape index (κ3) is 4.30. The number of nitrogens with two attached hydrogens (primary N) is 1. The molecule has 2 rings (SSSR count). The van der Waals surface area contributed by atoms with Gasteiger partial charge in [-0.1, -0.05) is 42.5 Å². The Morgan fingerprint density at radius 3 is 2.39 bits per heavy atom. The molecule has 0 aromatic heterocycles. The molecule has 0 amide bonds. The molecule has 3 nitrogen and oxygen atoms in total. The van der Waals surface area contributed by atoms with Crippen LogP contribution in [0.25, 0.3) is 10.8 Å². The molecular formula is C13H14NNaO2S. The molecule has 0 saturated heterocycles. The number of thiol groups is 1. The van der Waals surface area contributed by atoms with Crippen molar-refractivity contribution >= 4 is 30.2 Å². The molecule has 2 aromatic rings. The topological polar surface area (TPSA) is 63.3 Å². The van der Waals surface area contributed by atoms with Gasteiger partial charge in [0, 0.05) is 0 Å². The zero-order chi connectivity index (χ0) is 11.5. The summed E-state index contributed by atoms with van der Waals surface area (Å²) in [6.45, 7) is 0. The summed E-state index contributed by atoms with van der Waals surface area (Å²) in [4.78, 5) is 10.6. The molecule has 0 unspecified atom stereocenters. The van der Waals surface area contributed by atoms with E-state index in [9.17, 15) is 4.79 Å². The van der Waals surface area contributed by atoms with Gasteiger partial charge < -0.3 is 24.3 Å². The predicted molar refractivity (Wildman–Crippen MR) is 72.0 cm³/mol. The van der Waals surface area contributed by atoms with Gasteiger partial charge in [0.05, 0.1) is 0 Å². The first kappa shape index (κ1) is 17.5. The van der Waals surface area contributed by atoms with E-state index in [0.717, 1.165) is 16.3 Å². The molecule has 18 heavy (non-hydrogen) atoms. The maximum atomic E-state index is 10.6. The van der Waals surface area contributed by atoms with Crippen molar-refractivity contribution in [2.24, 2.45) is 5.73 Å². The Morgan fingerprint density at radius 2 is 1.78 bits per heavy atom. The average Bonchev–Trinajstić information content (AvgIpc) is 2.28. The van der Waals surface area contributed by atoms with E-state index < -0.39 is 12.0 Å². The predicted octanol–water partition coefficient (Wildman–Crippen LogP) is -1.47. The van der Waals surface area contributed by atoms with E-state index in [1.54, 1.807) is 0 Å². The van der Waals surface area contributed by atoms with Gasteiger partial charge in [0.15, 0.2) is 0 Å². The van der Waals surface area contributed by atoms with Crippen LogP contribution in [0.4, 0.5) is 0 Å². The summed E-state index contributed by atoms with van der Waals surface area (Å²) < 4.78 is 0. The van der Waals surface area contributed by atoms with Gasteiger partial charge >= 0.3 is 35.5 Å². The third-order valence-electron chi connectivity index (χ3n) is 2.59. The summed E-state index contributed by atoms with van der Waals surface area (Å²) >= 11 is 0. The van der Waals surface area contributed by atoms with Crippen LogP contribution in [0.1, 0.15) is 5.56 Å². The van der Waals surface area contributed by atoms with E-state index in [-0.39, 0.29) is 43.1 Å². The van der Waals surface area contributed by atoms with E-state index in [1.165, 1.54) is 0 Å². The molecule has 0 radical (unpaired) electrons. The monoisotopic (exact) mass is 271 g/mol. The van der Waals surface area contributed by atoms with Gasteiger partial charge in [0.2, 0.25) is 0 Å². The zero-order valence-corrected chi connectivity index (χ0v) is 13.1. The van der Waals surface area contributed by atoms with Gasteiger partial charge in [-0.05, 0) is 22.8 Å². The first-order valence-electron chi connectivity index (χ1n) is 5.13. The fourth-order valence-corrected chi connectivity index (χ4v) is 1.71. The number of carboxylic acids is 1. The summed E-state index contributed by atoms with van der Waals surface area (Å²) in [5.41, 5.74) is 6.45. The van der Waals surface area contributed by atoms with Crippen LogP contribution in [0, 0.1) is 0 Å². The summed E-state index contributed by atoms with van der Waals surface area (Å²) in [5.74, 6) is -0.965. The molecule has 0 aliphatic heterocycles. The number of benzene rings is 2. The molecule has 0 aliphatic carbocycles. The standard InChI is InChI=1S/C13H13NO2.Na.H2S/c14-12(13(15)16)8-9-5-6-10-3-1-2-4-11(10)7-9;;/h1-7,12H,8,14H2,(H,15,16);;1H2/q;+1;/p-1/t12-;;/m0../s1. The van der Waals surface area contributed by atoms with Crippen LogP contribution in [0.2, 0.25) is 0 Å². The van der Waals surface area contributed by atoms with Crippen LogP contribution < -0.4 is 35.3 Å². The van der Waals surface area contributed by atoms with Gasteiger partial charge in [-0.15, -0.1) is 0 Å². The van der Waals surface area contributed by atoms with Gasteiger partial charge in [0.25, 0.3) is 0 Å². The normalized spacial score (nSPS) is 11.2. The van der Waals surface area contributed by atoms with E-state index >= 15 is 0 Å². The number of hydrogen-bond acceptors (Lipinski definition) is 3. The molecule has 2 aromatic carbocycles. The van der Waals surface area contributed by atoms with Crippen LogP contribution in [-0.2, 0) is 24.7 Å². The van der Waals surface area contributed by atoms with Crippen molar-refractivity contribution in [3.05, 3.63) is 48.0 Å². The Bertz CT molecular complexity index is 533. The SMILES string of the molecule is N[C@@H](Cc1ccc2ccccc2c1)C(=O)O.[Na+].[SH-]. The van der Waals surface area contributed by atoms with Gasteiger partial charge in [0.1, 0.15) is 6.04 Å². The van der Waals surface area contributed by atoms with E-state index in [1.807, 2.05) is 42.5 Å². The fraction of sp³-hybridized carbons (Fsp3) is 0.154. The molecule has 5 heteroatoms. The van der Waals surface area contributed by atoms with Crippen molar-refractivity contribution in [3.8, 4) is 0 Å². The van der Waals surface area contributed by atoms with Crippen molar-refractivity contribution in [1.29, 1.82) is 0 Å². The molecular weight excluding hydrogens is 257 g/mol. The Labute approximate surface area is 135 Å². The second kappa shape index (κ2) is 7.81. The van der Waals surface area contributed by atoms with Crippen LogP contribution in [-0.4, -0.2) is 17.1 Å². The van der Waals surface area contributed by atoms with Gasteiger partial charge in [-0.3, -0.25) is 4.79 Å². The largest absolute Gasteiger partial charge is 1.00 e. The van der Waals surface area contributed by atoms with Crippen molar-refractivity contribution in [3.63, 3.8) is 0 Å². The molecule has 0 saturated carbocycles. The smallest absolute Gasteiger partial charge is 0.813 e. The Hall–Kier alpha value is -0.520. The minimum Gasteiger partial charge on any atom is -0.813 e. The molecule has 1 atom stereocenters. The Balaban J connectivity index is 0.00000144. The number of carboxylic acid groups (broad SMARTS) is 1. The van der Waals surface area contributed by atoms with Crippen molar-refractivity contribution in [2.45, 2.75) is 12.5 Å². The summed E-state index contributed by atoms with van der Waals surface area (Å²) in [6.07, 6.45) is 0.361. The number of carbonyl (C=O) groups is 1. The number of rotatable bonds is 3. The molecule has 0 fully saturated rings. The van der Waals surface area contributed by atoms with Crippen molar-refractivity contribution in [2.75, 3.05) is 0 Å². The van der Waals surface area contributed by atoms with Crippen LogP contribution in [0.5, 0.6) is 0 Å². The number of fused-ring (bicyclic) bond motifs is 1. The first-order chi connectivity index (χ1) is 7.66. The van der Waals surface area contributed by atoms with Crippen LogP contribution >= 0.6 is 0 Å². The van der Waals surface area contributed by atoms with Crippen molar-refractivity contribution < 1.29 is 39.5 Å².